The molecule has 0 aliphatic carbocycles. The molecule has 0 spiro atoms. The highest BCUT2D eigenvalue weighted by molar-refractivity contribution is 7.85. The van der Waals surface area contributed by atoms with Gasteiger partial charge in [0.1, 0.15) is 0 Å². The quantitative estimate of drug-likeness (QED) is 0.316. The van der Waals surface area contributed by atoms with Crippen molar-refractivity contribution < 1.29 is 27.0 Å². The van der Waals surface area contributed by atoms with E-state index in [4.69, 9.17) is 4.74 Å². The second kappa shape index (κ2) is 7.81. The Balaban J connectivity index is 1.72. The van der Waals surface area contributed by atoms with E-state index in [0.29, 0.717) is 23.1 Å². The maximum Gasteiger partial charge on any atom is 0.325 e. The minimum Gasteiger partial charge on any atom is -0.432 e. The van der Waals surface area contributed by atoms with Gasteiger partial charge in [0.05, 0.1) is 22.7 Å². The summed E-state index contributed by atoms with van der Waals surface area (Å²) < 4.78 is 34.8. The van der Waals surface area contributed by atoms with Crippen LogP contribution >= 0.6 is 0 Å². The fourth-order valence-electron chi connectivity index (χ4n) is 4.33. The number of carbonyl (C=O) groups is 2. The Morgan fingerprint density at radius 2 is 1.82 bits per heavy atom. The Hall–Kier alpha value is -3.98. The van der Waals surface area contributed by atoms with Crippen molar-refractivity contribution >= 4 is 49.4 Å². The number of ether oxygens (including phenoxy) is 1. The molecule has 1 aliphatic heterocycles. The van der Waals surface area contributed by atoms with Crippen LogP contribution < -0.4 is 4.74 Å². The summed E-state index contributed by atoms with van der Waals surface area (Å²) in [4.78, 5) is 26.0. The topological polar surface area (TPSA) is 104 Å². The average Bonchev–Trinajstić information content (AvgIpc) is 3.30. The van der Waals surface area contributed by atoms with E-state index in [1.807, 2.05) is 44.2 Å². The molecule has 0 amide bonds. The molecule has 0 saturated carbocycles. The Kier molecular flexibility index (Phi) is 5.02. The molecule has 2 heterocycles. The minimum atomic E-state index is -3.91. The first-order valence-corrected chi connectivity index (χ1v) is 12.4. The number of ketones is 2. The Labute approximate surface area is 195 Å². The van der Waals surface area contributed by atoms with Crippen LogP contribution in [0.15, 0.2) is 59.8 Å². The van der Waals surface area contributed by atoms with Crippen molar-refractivity contribution in [1.29, 1.82) is 0 Å². The van der Waals surface area contributed by atoms with Gasteiger partial charge < -0.3 is 9.30 Å². The molecule has 0 saturated heterocycles. The molecule has 172 valence electrons. The molecule has 3 aromatic carbocycles. The van der Waals surface area contributed by atoms with Gasteiger partial charge in [0.25, 0.3) is 5.78 Å². The van der Waals surface area contributed by atoms with E-state index in [2.05, 4.69) is 14.0 Å². The maximum atomic E-state index is 13.3. The molecular weight excluding hydrogens is 456 g/mol. The molecule has 0 bridgehead atoms. The lowest BCUT2D eigenvalue weighted by molar-refractivity contribution is 0.103. The first-order valence-electron chi connectivity index (χ1n) is 10.6. The molecule has 0 unspecified atom stereocenters. The zero-order chi connectivity index (χ0) is 24.2. The molecule has 1 aliphatic rings. The lowest BCUT2D eigenvalue weighted by Crippen LogP contribution is -2.14. The monoisotopic (exact) mass is 476 g/mol. The highest BCUT2D eigenvalue weighted by Gasteiger charge is 2.33. The Morgan fingerprint density at radius 1 is 1.09 bits per heavy atom. The van der Waals surface area contributed by atoms with E-state index < -0.39 is 21.8 Å². The van der Waals surface area contributed by atoms with E-state index >= 15 is 0 Å². The van der Waals surface area contributed by atoms with Crippen LogP contribution in [0.1, 0.15) is 38.8 Å². The summed E-state index contributed by atoms with van der Waals surface area (Å²) in [7, 11) is -3.91. The lowest BCUT2D eigenvalue weighted by atomic mass is 9.97. The van der Waals surface area contributed by atoms with Crippen molar-refractivity contribution in [2.75, 3.05) is 6.26 Å². The van der Waals surface area contributed by atoms with Gasteiger partial charge in [0.15, 0.2) is 11.5 Å². The van der Waals surface area contributed by atoms with E-state index in [1.54, 1.807) is 24.3 Å². The number of fused-ring (bicyclic) bond motifs is 5. The molecule has 8 nitrogen and oxygen atoms in total. The van der Waals surface area contributed by atoms with Crippen molar-refractivity contribution in [3.8, 4) is 5.75 Å². The van der Waals surface area contributed by atoms with Gasteiger partial charge in [-0.3, -0.25) is 13.9 Å². The van der Waals surface area contributed by atoms with E-state index in [9.17, 15) is 18.0 Å². The van der Waals surface area contributed by atoms with Crippen LogP contribution in [0.2, 0.25) is 0 Å². The number of Topliss-reactive ketones (excluding diaryl/α,β-unsaturated/α-hetero) is 1. The molecule has 1 aromatic heterocycles. The van der Waals surface area contributed by atoms with Gasteiger partial charge in [-0.25, -0.2) is 0 Å². The summed E-state index contributed by atoms with van der Waals surface area (Å²) in [6.07, 6.45) is 0.823. The number of nitrogens with zero attached hydrogens (tertiary/aromatic N) is 2. The zero-order valence-electron chi connectivity index (χ0n) is 18.7. The third-order valence-electron chi connectivity index (χ3n) is 5.84. The van der Waals surface area contributed by atoms with Crippen molar-refractivity contribution in [2.24, 2.45) is 5.16 Å². The van der Waals surface area contributed by atoms with Crippen LogP contribution in [0, 0.1) is 6.92 Å². The molecule has 0 radical (unpaired) electrons. The van der Waals surface area contributed by atoms with Crippen LogP contribution in [-0.2, 0) is 20.9 Å². The number of carbonyl (C=O) groups excluding carboxylic acids is 2. The highest BCUT2D eigenvalue weighted by Crippen LogP contribution is 2.41. The normalized spacial score (nSPS) is 14.6. The number of rotatable bonds is 5. The van der Waals surface area contributed by atoms with Crippen molar-refractivity contribution in [1.82, 2.24) is 4.57 Å². The summed E-state index contributed by atoms with van der Waals surface area (Å²) in [6, 6.07) is 16.3. The van der Waals surface area contributed by atoms with Gasteiger partial charge in [0, 0.05) is 28.6 Å². The van der Waals surface area contributed by atoms with Crippen LogP contribution in [0.25, 0.3) is 21.8 Å². The summed E-state index contributed by atoms with van der Waals surface area (Å²) in [5, 5.41) is 4.78. The first-order chi connectivity index (χ1) is 16.2. The van der Waals surface area contributed by atoms with Gasteiger partial charge >= 0.3 is 16.0 Å². The van der Waals surface area contributed by atoms with Gasteiger partial charge in [-0.15, -0.1) is 0 Å². The molecule has 9 heteroatoms. The minimum absolute atomic E-state index is 0.106. The predicted molar refractivity (Wildman–Crippen MR) is 128 cm³/mol. The third-order valence-corrected chi connectivity index (χ3v) is 6.19. The van der Waals surface area contributed by atoms with E-state index in [0.717, 1.165) is 28.2 Å². The van der Waals surface area contributed by atoms with E-state index in [-0.39, 0.29) is 17.1 Å². The van der Waals surface area contributed by atoms with Crippen LogP contribution in [0.5, 0.6) is 5.75 Å². The summed E-state index contributed by atoms with van der Waals surface area (Å²) in [6.45, 7) is 4.54. The SMILES string of the molecule is CCn1c2ccc(C(=O)c3ccccc3C)cc2c2c3c(ccc21)C(=O)C(=NOS(C)(=O)=O)O3. The van der Waals surface area contributed by atoms with Crippen LogP contribution in [0.3, 0.4) is 0 Å². The molecule has 0 atom stereocenters. The van der Waals surface area contributed by atoms with Gasteiger partial charge in [-0.05, 0) is 54.9 Å². The second-order valence-corrected chi connectivity index (χ2v) is 9.62. The maximum absolute atomic E-state index is 13.3. The van der Waals surface area contributed by atoms with Gasteiger partial charge in [0.2, 0.25) is 0 Å². The van der Waals surface area contributed by atoms with Gasteiger partial charge in [-0.1, -0.05) is 24.3 Å². The first kappa shape index (κ1) is 21.8. The molecule has 34 heavy (non-hydrogen) atoms. The Morgan fingerprint density at radius 3 is 2.53 bits per heavy atom. The van der Waals surface area contributed by atoms with Crippen molar-refractivity contribution in [3.63, 3.8) is 0 Å². The van der Waals surface area contributed by atoms with Crippen LogP contribution in [-0.4, -0.2) is 36.7 Å². The number of hydrogen-bond acceptors (Lipinski definition) is 7. The molecule has 4 aromatic rings. The summed E-state index contributed by atoms with van der Waals surface area (Å²) in [5.74, 6) is -0.885. The van der Waals surface area contributed by atoms with E-state index in [1.165, 1.54) is 0 Å². The van der Waals surface area contributed by atoms with Crippen molar-refractivity contribution in [2.45, 2.75) is 20.4 Å². The lowest BCUT2D eigenvalue weighted by Gasteiger charge is -2.06. The summed E-state index contributed by atoms with van der Waals surface area (Å²) >= 11 is 0. The smallest absolute Gasteiger partial charge is 0.325 e. The standard InChI is InChI=1S/C25H20N2O6S/c1-4-27-19-11-9-15(22(28)16-8-6-5-7-14(16)2)13-18(19)21-20(27)12-10-17-23(29)25(32-24(17)21)26-33-34(3,30)31/h5-13H,4H2,1-3H3. The zero-order valence-corrected chi connectivity index (χ0v) is 19.5. The average molecular weight is 477 g/mol. The van der Waals surface area contributed by atoms with Gasteiger partial charge in [-0.2, -0.15) is 8.42 Å². The Bertz CT molecular complexity index is 1660. The predicted octanol–water partition coefficient (Wildman–Crippen LogP) is 4.22. The summed E-state index contributed by atoms with van der Waals surface area (Å²) in [5.41, 5.74) is 3.94. The van der Waals surface area contributed by atoms with Crippen LogP contribution in [0.4, 0.5) is 0 Å². The second-order valence-electron chi connectivity index (χ2n) is 8.06. The third kappa shape index (κ3) is 3.45. The highest BCUT2D eigenvalue weighted by atomic mass is 32.2. The molecule has 0 fully saturated rings. The fourth-order valence-corrected chi connectivity index (χ4v) is 4.53. The molecular formula is C25H20N2O6S. The van der Waals surface area contributed by atoms with Crippen molar-refractivity contribution in [3.05, 3.63) is 76.9 Å². The fraction of sp³-hybridized carbons (Fsp3) is 0.160. The number of oxime groups is 1. The number of hydrogen-bond donors (Lipinski definition) is 0. The molecule has 0 N–H and O–H groups in total. The molecule has 5 rings (SSSR count). The number of aryl methyl sites for hydroxylation is 2. The number of benzene rings is 3. The number of aromatic nitrogens is 1. The largest absolute Gasteiger partial charge is 0.432 e.